The van der Waals surface area contributed by atoms with E-state index in [1.54, 1.807) is 12.1 Å². The summed E-state index contributed by atoms with van der Waals surface area (Å²) in [5.41, 5.74) is 11.4. The van der Waals surface area contributed by atoms with Gasteiger partial charge in [-0.25, -0.2) is 0 Å². The van der Waals surface area contributed by atoms with E-state index in [-0.39, 0.29) is 23.1 Å². The molecule has 2 amide bonds. The van der Waals surface area contributed by atoms with Crippen LogP contribution in [0.4, 0.5) is 0 Å². The normalized spacial score (nSPS) is 20.4. The van der Waals surface area contributed by atoms with Crippen LogP contribution in [0.25, 0.3) is 0 Å². The summed E-state index contributed by atoms with van der Waals surface area (Å²) in [5, 5.41) is 0. The second-order valence-electron chi connectivity index (χ2n) is 11.0. The van der Waals surface area contributed by atoms with E-state index in [9.17, 15) is 9.59 Å². The first-order valence-electron chi connectivity index (χ1n) is 12.9. The summed E-state index contributed by atoms with van der Waals surface area (Å²) in [4.78, 5) is 28.0. The van der Waals surface area contributed by atoms with E-state index < -0.39 is 0 Å². The summed E-state index contributed by atoms with van der Waals surface area (Å²) in [6.07, 6.45) is 2.76. The summed E-state index contributed by atoms with van der Waals surface area (Å²) >= 11 is 0. The Hall–Kier alpha value is -3.48. The Bertz CT molecular complexity index is 1310. The molecular weight excluding hydrogens is 462 g/mol. The SMILES string of the molecule is Cc1cc(C)cc(C(=O)NNC(=O)c2ccc3c(c2)C[C@@]2(CC3)COC(C)(C)N2Cc2ccccc2)c1. The fourth-order valence-electron chi connectivity index (χ4n) is 5.87. The molecule has 0 unspecified atom stereocenters. The average Bonchev–Trinajstić information content (AvgIpc) is 3.11. The number of carbonyl (C=O) groups is 2. The highest BCUT2D eigenvalue weighted by Gasteiger charge is 2.52. The molecule has 2 aliphatic rings. The minimum absolute atomic E-state index is 0.126. The number of hydrazine groups is 1. The van der Waals surface area contributed by atoms with Gasteiger partial charge < -0.3 is 4.74 Å². The molecule has 1 saturated heterocycles. The maximum Gasteiger partial charge on any atom is 0.269 e. The van der Waals surface area contributed by atoms with E-state index >= 15 is 0 Å². The lowest BCUT2D eigenvalue weighted by molar-refractivity contribution is -0.0673. The molecule has 192 valence electrons. The largest absolute Gasteiger partial charge is 0.359 e. The molecule has 1 fully saturated rings. The zero-order chi connectivity index (χ0) is 26.2. The van der Waals surface area contributed by atoms with Crippen LogP contribution in [0, 0.1) is 13.8 Å². The Balaban J connectivity index is 1.32. The predicted molar refractivity (Wildman–Crippen MR) is 144 cm³/mol. The number of hydrogen-bond acceptors (Lipinski definition) is 4. The Morgan fingerprint density at radius 3 is 2.24 bits per heavy atom. The van der Waals surface area contributed by atoms with Gasteiger partial charge in [-0.05, 0) is 87.9 Å². The van der Waals surface area contributed by atoms with Crippen molar-refractivity contribution in [2.75, 3.05) is 6.61 Å². The molecule has 5 rings (SSSR count). The first kappa shape index (κ1) is 25.2. The maximum absolute atomic E-state index is 13.0. The number of amides is 2. The lowest BCUT2D eigenvalue weighted by Gasteiger charge is -2.45. The molecule has 2 N–H and O–H groups in total. The maximum atomic E-state index is 13.0. The smallest absolute Gasteiger partial charge is 0.269 e. The van der Waals surface area contributed by atoms with Gasteiger partial charge in [-0.15, -0.1) is 0 Å². The summed E-state index contributed by atoms with van der Waals surface area (Å²) < 4.78 is 6.33. The van der Waals surface area contributed by atoms with Gasteiger partial charge in [0.05, 0.1) is 12.1 Å². The second kappa shape index (κ2) is 9.77. The molecule has 6 nitrogen and oxygen atoms in total. The molecule has 0 aromatic heterocycles. The fourth-order valence-corrected chi connectivity index (χ4v) is 5.87. The molecule has 1 heterocycles. The molecule has 3 aromatic carbocycles. The highest BCUT2D eigenvalue weighted by Crippen LogP contribution is 2.44. The molecule has 1 aliphatic carbocycles. The first-order chi connectivity index (χ1) is 17.6. The highest BCUT2D eigenvalue weighted by molar-refractivity contribution is 5.99. The number of rotatable bonds is 4. The predicted octanol–water partition coefficient (Wildman–Crippen LogP) is 4.87. The molecule has 0 radical (unpaired) electrons. The van der Waals surface area contributed by atoms with Crippen molar-refractivity contribution in [2.45, 2.75) is 64.8 Å². The number of aryl methyl sites for hydroxylation is 3. The summed E-state index contributed by atoms with van der Waals surface area (Å²) in [5.74, 6) is -0.664. The van der Waals surface area contributed by atoms with Crippen LogP contribution in [0.15, 0.2) is 66.7 Å². The third kappa shape index (κ3) is 5.17. The third-order valence-electron chi connectivity index (χ3n) is 7.72. The third-order valence-corrected chi connectivity index (χ3v) is 7.72. The summed E-state index contributed by atoms with van der Waals surface area (Å²) in [6, 6.07) is 22.0. The minimum atomic E-state index is -0.374. The minimum Gasteiger partial charge on any atom is -0.359 e. The number of carbonyl (C=O) groups excluding carboxylic acids is 2. The molecule has 3 aromatic rings. The van der Waals surface area contributed by atoms with Crippen molar-refractivity contribution in [3.63, 3.8) is 0 Å². The van der Waals surface area contributed by atoms with Crippen LogP contribution < -0.4 is 10.9 Å². The van der Waals surface area contributed by atoms with E-state index in [2.05, 4.69) is 53.9 Å². The van der Waals surface area contributed by atoms with Crippen LogP contribution in [-0.2, 0) is 24.1 Å². The van der Waals surface area contributed by atoms with Gasteiger partial charge in [-0.2, -0.15) is 0 Å². The van der Waals surface area contributed by atoms with Crippen molar-refractivity contribution in [3.8, 4) is 0 Å². The monoisotopic (exact) mass is 497 g/mol. The van der Waals surface area contributed by atoms with Crippen LogP contribution in [0.2, 0.25) is 0 Å². The van der Waals surface area contributed by atoms with Crippen molar-refractivity contribution in [1.82, 2.24) is 15.8 Å². The number of fused-ring (bicyclic) bond motifs is 1. The Labute approximate surface area is 219 Å². The number of nitrogens with one attached hydrogen (secondary N) is 2. The van der Waals surface area contributed by atoms with Crippen LogP contribution in [0.1, 0.15) is 68.8 Å². The lowest BCUT2D eigenvalue weighted by Crippen LogP contribution is -2.54. The molecule has 0 saturated carbocycles. The topological polar surface area (TPSA) is 70.7 Å². The van der Waals surface area contributed by atoms with E-state index in [4.69, 9.17) is 4.74 Å². The van der Waals surface area contributed by atoms with Crippen molar-refractivity contribution in [1.29, 1.82) is 0 Å². The van der Waals surface area contributed by atoms with Gasteiger partial charge in [-0.1, -0.05) is 53.6 Å². The second-order valence-corrected chi connectivity index (χ2v) is 11.0. The van der Waals surface area contributed by atoms with Gasteiger partial charge >= 0.3 is 0 Å². The van der Waals surface area contributed by atoms with Gasteiger partial charge in [0.1, 0.15) is 5.72 Å². The first-order valence-corrected chi connectivity index (χ1v) is 12.9. The van der Waals surface area contributed by atoms with Gasteiger partial charge in [0.25, 0.3) is 11.8 Å². The standard InChI is InChI=1S/C31H35N3O3/c1-21-14-22(2)16-26(15-21)29(36)33-32-28(35)25-11-10-24-12-13-31(18-27(24)17-25)20-37-30(3,4)34(31)19-23-8-6-5-7-9-23/h5-11,14-17H,12-13,18-20H2,1-4H3,(H,32,35)(H,33,36)/t31-/m0/s1. The quantitative estimate of drug-likeness (QED) is 0.505. The number of ether oxygens (including phenoxy) is 1. The number of benzene rings is 3. The Kier molecular flexibility index (Phi) is 6.65. The van der Waals surface area contributed by atoms with Crippen molar-refractivity contribution in [3.05, 3.63) is 106 Å². The molecule has 1 spiro atoms. The molecular formula is C31H35N3O3. The van der Waals surface area contributed by atoms with Crippen LogP contribution in [0.5, 0.6) is 0 Å². The van der Waals surface area contributed by atoms with Gasteiger partial charge in [0.2, 0.25) is 0 Å². The zero-order valence-electron chi connectivity index (χ0n) is 22.1. The van der Waals surface area contributed by atoms with Crippen LogP contribution in [0.3, 0.4) is 0 Å². The van der Waals surface area contributed by atoms with Crippen molar-refractivity contribution >= 4 is 11.8 Å². The van der Waals surface area contributed by atoms with Gasteiger partial charge in [-0.3, -0.25) is 25.3 Å². The summed E-state index contributed by atoms with van der Waals surface area (Å²) in [7, 11) is 0. The number of nitrogens with zero attached hydrogens (tertiary/aromatic N) is 1. The fraction of sp³-hybridized carbons (Fsp3) is 0.355. The lowest BCUT2D eigenvalue weighted by atomic mass is 9.76. The molecule has 6 heteroatoms. The molecule has 1 aliphatic heterocycles. The summed E-state index contributed by atoms with van der Waals surface area (Å²) in [6.45, 7) is 9.65. The molecule has 1 atom stereocenters. The van der Waals surface area contributed by atoms with Crippen LogP contribution in [-0.4, -0.2) is 34.6 Å². The molecule has 0 bridgehead atoms. The van der Waals surface area contributed by atoms with Crippen molar-refractivity contribution < 1.29 is 14.3 Å². The van der Waals surface area contributed by atoms with E-state index in [0.717, 1.165) is 36.9 Å². The zero-order valence-corrected chi connectivity index (χ0v) is 22.1. The van der Waals surface area contributed by atoms with E-state index in [0.29, 0.717) is 17.7 Å². The van der Waals surface area contributed by atoms with Crippen molar-refractivity contribution in [2.24, 2.45) is 0 Å². The highest BCUT2D eigenvalue weighted by atomic mass is 16.5. The molecule has 37 heavy (non-hydrogen) atoms. The van der Waals surface area contributed by atoms with E-state index in [1.807, 2.05) is 44.2 Å². The van der Waals surface area contributed by atoms with Gasteiger partial charge in [0, 0.05) is 17.7 Å². The number of hydrogen-bond donors (Lipinski definition) is 2. The Morgan fingerprint density at radius 2 is 1.54 bits per heavy atom. The van der Waals surface area contributed by atoms with Crippen LogP contribution >= 0.6 is 0 Å². The van der Waals surface area contributed by atoms with E-state index in [1.165, 1.54) is 16.7 Å². The Morgan fingerprint density at radius 1 is 0.865 bits per heavy atom. The average molecular weight is 498 g/mol. The van der Waals surface area contributed by atoms with Gasteiger partial charge in [0.15, 0.2) is 0 Å².